The van der Waals surface area contributed by atoms with Crippen molar-refractivity contribution in [2.75, 3.05) is 0 Å². The second-order valence-electron chi connectivity index (χ2n) is 5.61. The molecule has 2 N–H and O–H groups in total. The zero-order valence-electron chi connectivity index (χ0n) is 12.2. The SMILES string of the molecule is CC1CCCCC1NC(=O)C(C#N)=Cc1cccc(O)c1. The van der Waals surface area contributed by atoms with Crippen LogP contribution in [-0.2, 0) is 4.79 Å². The quantitative estimate of drug-likeness (QED) is 0.662. The fraction of sp³-hybridized carbons (Fsp3) is 0.412. The average molecular weight is 284 g/mol. The van der Waals surface area contributed by atoms with E-state index in [0.717, 1.165) is 19.3 Å². The second-order valence-corrected chi connectivity index (χ2v) is 5.61. The van der Waals surface area contributed by atoms with Gasteiger partial charge in [-0.25, -0.2) is 0 Å². The van der Waals surface area contributed by atoms with Gasteiger partial charge in [0.05, 0.1) is 0 Å². The van der Waals surface area contributed by atoms with Gasteiger partial charge in [-0.15, -0.1) is 0 Å². The molecule has 0 aromatic heterocycles. The molecular formula is C17H20N2O2. The Morgan fingerprint density at radius 2 is 2.19 bits per heavy atom. The molecule has 2 rings (SSSR count). The Hall–Kier alpha value is -2.28. The van der Waals surface area contributed by atoms with E-state index in [1.807, 2.05) is 6.07 Å². The third kappa shape index (κ3) is 4.09. The molecule has 1 aliphatic carbocycles. The molecule has 0 heterocycles. The van der Waals surface area contributed by atoms with Crippen molar-refractivity contribution in [3.05, 3.63) is 35.4 Å². The van der Waals surface area contributed by atoms with Gasteiger partial charge in [-0.05, 0) is 42.5 Å². The first kappa shape index (κ1) is 15.1. The van der Waals surface area contributed by atoms with Crippen LogP contribution < -0.4 is 5.32 Å². The fourth-order valence-electron chi connectivity index (χ4n) is 2.71. The lowest BCUT2D eigenvalue weighted by Gasteiger charge is -2.29. The number of hydrogen-bond acceptors (Lipinski definition) is 3. The zero-order valence-corrected chi connectivity index (χ0v) is 12.2. The zero-order chi connectivity index (χ0) is 15.2. The minimum Gasteiger partial charge on any atom is -0.508 e. The molecule has 0 spiro atoms. The van der Waals surface area contributed by atoms with E-state index in [0.29, 0.717) is 11.5 Å². The lowest BCUT2D eigenvalue weighted by Crippen LogP contribution is -2.41. The lowest BCUT2D eigenvalue weighted by atomic mass is 9.86. The van der Waals surface area contributed by atoms with Crippen molar-refractivity contribution < 1.29 is 9.90 Å². The topological polar surface area (TPSA) is 73.1 Å². The van der Waals surface area contributed by atoms with Crippen LogP contribution in [0.3, 0.4) is 0 Å². The third-order valence-corrected chi connectivity index (χ3v) is 3.97. The van der Waals surface area contributed by atoms with Crippen LogP contribution in [0.4, 0.5) is 0 Å². The number of aromatic hydroxyl groups is 1. The normalized spacial score (nSPS) is 22.4. The van der Waals surface area contributed by atoms with E-state index in [1.54, 1.807) is 18.2 Å². The summed E-state index contributed by atoms with van der Waals surface area (Å²) in [7, 11) is 0. The van der Waals surface area contributed by atoms with Gasteiger partial charge < -0.3 is 10.4 Å². The van der Waals surface area contributed by atoms with E-state index in [2.05, 4.69) is 12.2 Å². The second kappa shape index (κ2) is 6.94. The van der Waals surface area contributed by atoms with Gasteiger partial charge in [-0.2, -0.15) is 5.26 Å². The highest BCUT2D eigenvalue weighted by molar-refractivity contribution is 6.01. The monoisotopic (exact) mass is 284 g/mol. The molecule has 4 heteroatoms. The standard InChI is InChI=1S/C17H20N2O2/c1-12-5-2-3-8-16(12)19-17(21)14(11-18)9-13-6-4-7-15(20)10-13/h4,6-7,9-10,12,16,20H,2-3,5,8H2,1H3,(H,19,21). The number of carbonyl (C=O) groups excluding carboxylic acids is 1. The van der Waals surface area contributed by atoms with Crippen molar-refractivity contribution in [1.82, 2.24) is 5.32 Å². The summed E-state index contributed by atoms with van der Waals surface area (Å²) in [5.74, 6) is 0.227. The maximum Gasteiger partial charge on any atom is 0.262 e. The summed E-state index contributed by atoms with van der Waals surface area (Å²) < 4.78 is 0. The molecule has 0 radical (unpaired) electrons. The molecule has 1 fully saturated rings. The van der Waals surface area contributed by atoms with Crippen LogP contribution in [0.2, 0.25) is 0 Å². The number of benzene rings is 1. The molecule has 1 aliphatic rings. The molecule has 1 aromatic carbocycles. The summed E-state index contributed by atoms with van der Waals surface area (Å²) in [5, 5.41) is 21.6. The largest absolute Gasteiger partial charge is 0.508 e. The van der Waals surface area contributed by atoms with E-state index >= 15 is 0 Å². The Balaban J connectivity index is 2.10. The summed E-state index contributed by atoms with van der Waals surface area (Å²) in [5.41, 5.74) is 0.705. The van der Waals surface area contributed by atoms with Crippen LogP contribution in [0.15, 0.2) is 29.8 Å². The number of rotatable bonds is 3. The highest BCUT2D eigenvalue weighted by atomic mass is 16.3. The van der Waals surface area contributed by atoms with Gasteiger partial charge in [-0.1, -0.05) is 31.9 Å². The maximum absolute atomic E-state index is 12.2. The predicted molar refractivity (Wildman–Crippen MR) is 81.3 cm³/mol. The highest BCUT2D eigenvalue weighted by Crippen LogP contribution is 2.24. The first-order chi connectivity index (χ1) is 10.1. The summed E-state index contributed by atoms with van der Waals surface area (Å²) in [4.78, 5) is 12.2. The van der Waals surface area contributed by atoms with E-state index < -0.39 is 0 Å². The van der Waals surface area contributed by atoms with Crippen molar-refractivity contribution in [3.8, 4) is 11.8 Å². The number of phenols is 1. The lowest BCUT2D eigenvalue weighted by molar-refractivity contribution is -0.118. The molecule has 1 amide bonds. The number of carbonyl (C=O) groups is 1. The molecule has 2 unspecified atom stereocenters. The minimum atomic E-state index is -0.334. The van der Waals surface area contributed by atoms with Crippen molar-refractivity contribution in [1.29, 1.82) is 5.26 Å². The van der Waals surface area contributed by atoms with Gasteiger partial charge in [0.25, 0.3) is 5.91 Å². The number of hydrogen-bond donors (Lipinski definition) is 2. The fourth-order valence-corrected chi connectivity index (χ4v) is 2.71. The number of phenolic OH excluding ortho intramolecular Hbond substituents is 1. The van der Waals surface area contributed by atoms with Crippen LogP contribution in [0.1, 0.15) is 38.2 Å². The van der Waals surface area contributed by atoms with Gasteiger partial charge in [0, 0.05) is 6.04 Å². The van der Waals surface area contributed by atoms with Crippen LogP contribution in [0.5, 0.6) is 5.75 Å². The summed E-state index contributed by atoms with van der Waals surface area (Å²) in [6.07, 6.45) is 5.91. The number of nitrogens with one attached hydrogen (secondary N) is 1. The van der Waals surface area contributed by atoms with Crippen molar-refractivity contribution in [3.63, 3.8) is 0 Å². The van der Waals surface area contributed by atoms with Crippen molar-refractivity contribution in [2.45, 2.75) is 38.6 Å². The van der Waals surface area contributed by atoms with Crippen LogP contribution in [0, 0.1) is 17.2 Å². The van der Waals surface area contributed by atoms with Gasteiger partial charge >= 0.3 is 0 Å². The van der Waals surface area contributed by atoms with Gasteiger partial charge in [0.2, 0.25) is 0 Å². The number of nitriles is 1. The van der Waals surface area contributed by atoms with Gasteiger partial charge in [-0.3, -0.25) is 4.79 Å². The van der Waals surface area contributed by atoms with Gasteiger partial charge in [0.15, 0.2) is 0 Å². The molecular weight excluding hydrogens is 264 g/mol. The maximum atomic E-state index is 12.2. The Kier molecular flexibility index (Phi) is 4.99. The van der Waals surface area contributed by atoms with Crippen LogP contribution in [-0.4, -0.2) is 17.1 Å². The summed E-state index contributed by atoms with van der Waals surface area (Å²) in [6, 6.07) is 8.58. The van der Waals surface area contributed by atoms with E-state index in [4.69, 9.17) is 0 Å². The summed E-state index contributed by atoms with van der Waals surface area (Å²) >= 11 is 0. The molecule has 0 aliphatic heterocycles. The minimum absolute atomic E-state index is 0.0679. The first-order valence-electron chi connectivity index (χ1n) is 7.32. The van der Waals surface area contributed by atoms with E-state index in [-0.39, 0.29) is 23.3 Å². The van der Waals surface area contributed by atoms with Crippen LogP contribution >= 0.6 is 0 Å². The molecule has 1 aromatic rings. The molecule has 110 valence electrons. The Morgan fingerprint density at radius 1 is 1.43 bits per heavy atom. The highest BCUT2D eigenvalue weighted by Gasteiger charge is 2.23. The number of amides is 1. The smallest absolute Gasteiger partial charge is 0.262 e. The predicted octanol–water partition coefficient (Wildman–Crippen LogP) is 2.99. The molecule has 1 saturated carbocycles. The molecule has 0 saturated heterocycles. The van der Waals surface area contributed by atoms with Crippen molar-refractivity contribution in [2.24, 2.45) is 5.92 Å². The van der Waals surface area contributed by atoms with Gasteiger partial charge in [0.1, 0.15) is 17.4 Å². The van der Waals surface area contributed by atoms with Crippen LogP contribution in [0.25, 0.3) is 6.08 Å². The molecule has 0 bridgehead atoms. The van der Waals surface area contributed by atoms with Crippen molar-refractivity contribution >= 4 is 12.0 Å². The first-order valence-corrected chi connectivity index (χ1v) is 7.32. The molecule has 4 nitrogen and oxygen atoms in total. The Morgan fingerprint density at radius 3 is 2.86 bits per heavy atom. The third-order valence-electron chi connectivity index (χ3n) is 3.97. The average Bonchev–Trinajstić information content (AvgIpc) is 2.47. The molecule has 2 atom stereocenters. The number of nitrogens with zero attached hydrogens (tertiary/aromatic N) is 1. The van der Waals surface area contributed by atoms with E-state index in [1.165, 1.54) is 18.6 Å². The summed E-state index contributed by atoms with van der Waals surface area (Å²) in [6.45, 7) is 2.13. The molecule has 21 heavy (non-hydrogen) atoms. The Bertz CT molecular complexity index is 587. The Labute approximate surface area is 125 Å². The van der Waals surface area contributed by atoms with E-state index in [9.17, 15) is 15.2 Å².